The lowest BCUT2D eigenvalue weighted by Gasteiger charge is -2.27. The highest BCUT2D eigenvalue weighted by Gasteiger charge is 2.36. The van der Waals surface area contributed by atoms with Gasteiger partial charge < -0.3 is 15.2 Å². The number of nitrogens with two attached hydrogens (primary N) is 1. The molecule has 27 heavy (non-hydrogen) atoms. The summed E-state index contributed by atoms with van der Waals surface area (Å²) in [5, 5.41) is 10.1. The molecule has 3 rings (SSSR count). The fourth-order valence-electron chi connectivity index (χ4n) is 2.97. The van der Waals surface area contributed by atoms with Crippen LogP contribution in [0, 0.1) is 11.3 Å². The SMILES string of the molecule is CC1=C(C(=O)OCc2ccccc2)[C@H](c2cccc(Cl)c2)C(C#N)=C(N)O1. The van der Waals surface area contributed by atoms with Crippen molar-refractivity contribution in [2.45, 2.75) is 19.4 Å². The summed E-state index contributed by atoms with van der Waals surface area (Å²) < 4.78 is 10.9. The molecule has 0 unspecified atom stereocenters. The molecule has 1 heterocycles. The lowest BCUT2D eigenvalue weighted by Crippen LogP contribution is -2.25. The minimum atomic E-state index is -0.703. The van der Waals surface area contributed by atoms with E-state index in [1.807, 2.05) is 36.4 Å². The first-order valence-electron chi connectivity index (χ1n) is 8.26. The molecule has 6 heteroatoms. The van der Waals surface area contributed by atoms with Gasteiger partial charge in [0.2, 0.25) is 5.88 Å². The molecule has 136 valence electrons. The number of carbonyl (C=O) groups is 1. The van der Waals surface area contributed by atoms with E-state index >= 15 is 0 Å². The van der Waals surface area contributed by atoms with Gasteiger partial charge in [0.25, 0.3) is 0 Å². The first kappa shape index (κ1) is 18.6. The van der Waals surface area contributed by atoms with Crippen LogP contribution in [-0.2, 0) is 20.9 Å². The standard InChI is InChI=1S/C21H17ClN2O3/c1-13-18(21(25)26-12-14-6-3-2-4-7-14)19(17(11-23)20(24)27-13)15-8-5-9-16(22)10-15/h2-10,19H,12,24H2,1H3/t19-/m1/s1. The maximum absolute atomic E-state index is 12.9. The smallest absolute Gasteiger partial charge is 0.338 e. The Hall–Kier alpha value is -3.23. The van der Waals surface area contributed by atoms with Crippen molar-refractivity contribution in [2.75, 3.05) is 0 Å². The van der Waals surface area contributed by atoms with Crippen LogP contribution < -0.4 is 5.73 Å². The van der Waals surface area contributed by atoms with E-state index in [1.165, 1.54) is 0 Å². The highest BCUT2D eigenvalue weighted by molar-refractivity contribution is 6.30. The average molecular weight is 381 g/mol. The maximum atomic E-state index is 12.9. The summed E-state index contributed by atoms with van der Waals surface area (Å²) in [6.45, 7) is 1.73. The van der Waals surface area contributed by atoms with E-state index in [0.717, 1.165) is 5.56 Å². The zero-order valence-electron chi connectivity index (χ0n) is 14.6. The zero-order valence-corrected chi connectivity index (χ0v) is 15.4. The van der Waals surface area contributed by atoms with Gasteiger partial charge in [0, 0.05) is 5.02 Å². The number of nitrogens with zero attached hydrogens (tertiary/aromatic N) is 1. The third kappa shape index (κ3) is 3.97. The van der Waals surface area contributed by atoms with Crippen LogP contribution in [0.2, 0.25) is 5.02 Å². The van der Waals surface area contributed by atoms with Gasteiger partial charge in [-0.05, 0) is 30.2 Å². The molecule has 2 aromatic rings. The fraction of sp³-hybridized carbons (Fsp3) is 0.143. The minimum Gasteiger partial charge on any atom is -0.457 e. The van der Waals surface area contributed by atoms with Crippen LogP contribution in [0.4, 0.5) is 0 Å². The van der Waals surface area contributed by atoms with Gasteiger partial charge in [-0.3, -0.25) is 0 Å². The highest BCUT2D eigenvalue weighted by atomic mass is 35.5. The van der Waals surface area contributed by atoms with Gasteiger partial charge >= 0.3 is 5.97 Å². The van der Waals surface area contributed by atoms with E-state index in [-0.39, 0.29) is 23.6 Å². The molecule has 0 aromatic heterocycles. The normalized spacial score (nSPS) is 16.6. The van der Waals surface area contributed by atoms with Crippen molar-refractivity contribution >= 4 is 17.6 Å². The van der Waals surface area contributed by atoms with E-state index < -0.39 is 11.9 Å². The number of carbonyl (C=O) groups excluding carboxylic acids is 1. The Kier molecular flexibility index (Phi) is 5.49. The third-order valence-corrected chi connectivity index (χ3v) is 4.46. The molecule has 1 atom stereocenters. The number of nitriles is 1. The summed E-state index contributed by atoms with van der Waals surface area (Å²) in [5.74, 6) is -0.999. The number of esters is 1. The van der Waals surface area contributed by atoms with Crippen molar-refractivity contribution in [1.82, 2.24) is 0 Å². The molecule has 0 aliphatic carbocycles. The molecule has 1 aliphatic rings. The summed E-state index contributed by atoms with van der Waals surface area (Å²) >= 11 is 6.10. The Morgan fingerprint density at radius 3 is 2.67 bits per heavy atom. The Morgan fingerprint density at radius 2 is 2.00 bits per heavy atom. The van der Waals surface area contributed by atoms with Crippen LogP contribution in [-0.4, -0.2) is 5.97 Å². The number of benzene rings is 2. The van der Waals surface area contributed by atoms with Crippen molar-refractivity contribution in [2.24, 2.45) is 5.73 Å². The maximum Gasteiger partial charge on any atom is 0.338 e. The van der Waals surface area contributed by atoms with Crippen LogP contribution in [0.5, 0.6) is 0 Å². The monoisotopic (exact) mass is 380 g/mol. The van der Waals surface area contributed by atoms with Gasteiger partial charge in [-0.15, -0.1) is 0 Å². The molecule has 5 nitrogen and oxygen atoms in total. The van der Waals surface area contributed by atoms with Gasteiger partial charge in [-0.1, -0.05) is 54.1 Å². The van der Waals surface area contributed by atoms with Crippen molar-refractivity contribution in [3.8, 4) is 6.07 Å². The number of rotatable bonds is 4. The summed E-state index contributed by atoms with van der Waals surface area (Å²) in [4.78, 5) is 12.9. The van der Waals surface area contributed by atoms with Crippen LogP contribution in [0.15, 0.2) is 77.4 Å². The van der Waals surface area contributed by atoms with Crippen LogP contribution in [0.25, 0.3) is 0 Å². The molecule has 0 fully saturated rings. The molecule has 0 amide bonds. The second-order valence-electron chi connectivity index (χ2n) is 6.01. The van der Waals surface area contributed by atoms with Gasteiger partial charge in [-0.2, -0.15) is 5.26 Å². The van der Waals surface area contributed by atoms with Crippen LogP contribution >= 0.6 is 11.6 Å². The fourth-order valence-corrected chi connectivity index (χ4v) is 3.17. The van der Waals surface area contributed by atoms with Crippen molar-refractivity contribution < 1.29 is 14.3 Å². The molecular formula is C21H17ClN2O3. The summed E-state index contributed by atoms with van der Waals surface area (Å²) in [5.41, 5.74) is 7.79. The predicted octanol–water partition coefficient (Wildman–Crippen LogP) is 4.17. The number of allylic oxidation sites excluding steroid dienone is 2. The van der Waals surface area contributed by atoms with Gasteiger partial charge in [-0.25, -0.2) is 4.79 Å². The summed E-state index contributed by atoms with van der Waals surface area (Å²) in [6.07, 6.45) is 0. The molecule has 2 N–H and O–H groups in total. The minimum absolute atomic E-state index is 0.0282. The molecule has 0 saturated heterocycles. The van der Waals surface area contributed by atoms with Crippen LogP contribution in [0.3, 0.4) is 0 Å². The van der Waals surface area contributed by atoms with E-state index in [0.29, 0.717) is 16.3 Å². The zero-order chi connectivity index (χ0) is 19.4. The molecule has 2 aromatic carbocycles. The lowest BCUT2D eigenvalue weighted by atomic mass is 9.83. The van der Waals surface area contributed by atoms with E-state index in [9.17, 15) is 10.1 Å². The molecule has 0 saturated carbocycles. The summed E-state index contributed by atoms with van der Waals surface area (Å²) in [6, 6.07) is 18.3. The van der Waals surface area contributed by atoms with Crippen molar-refractivity contribution in [3.63, 3.8) is 0 Å². The molecule has 0 bridgehead atoms. The van der Waals surface area contributed by atoms with Gasteiger partial charge in [0.15, 0.2) is 0 Å². The quantitative estimate of drug-likeness (QED) is 0.805. The number of hydrogen-bond donors (Lipinski definition) is 1. The van der Waals surface area contributed by atoms with E-state index in [4.69, 9.17) is 26.8 Å². The summed E-state index contributed by atoms with van der Waals surface area (Å²) in [7, 11) is 0. The van der Waals surface area contributed by atoms with Crippen molar-refractivity contribution in [1.29, 1.82) is 5.26 Å². The van der Waals surface area contributed by atoms with Gasteiger partial charge in [0.1, 0.15) is 24.0 Å². The number of halogens is 1. The molecule has 1 aliphatic heterocycles. The van der Waals surface area contributed by atoms with E-state index in [1.54, 1.807) is 31.2 Å². The molecule has 0 radical (unpaired) electrons. The van der Waals surface area contributed by atoms with Crippen molar-refractivity contribution in [3.05, 3.63) is 93.5 Å². The lowest BCUT2D eigenvalue weighted by molar-refractivity contribution is -0.140. The number of ether oxygens (including phenoxy) is 2. The van der Waals surface area contributed by atoms with Gasteiger partial charge in [0.05, 0.1) is 11.5 Å². The third-order valence-electron chi connectivity index (χ3n) is 4.22. The largest absolute Gasteiger partial charge is 0.457 e. The highest BCUT2D eigenvalue weighted by Crippen LogP contribution is 2.40. The first-order chi connectivity index (χ1) is 13.0. The topological polar surface area (TPSA) is 85.3 Å². The first-order valence-corrected chi connectivity index (χ1v) is 8.64. The Labute approximate surface area is 162 Å². The molecular weight excluding hydrogens is 364 g/mol. The average Bonchev–Trinajstić information content (AvgIpc) is 2.66. The Bertz CT molecular complexity index is 974. The van der Waals surface area contributed by atoms with E-state index in [2.05, 4.69) is 0 Å². The Balaban J connectivity index is 1.96. The second kappa shape index (κ2) is 7.98. The Morgan fingerprint density at radius 1 is 1.26 bits per heavy atom. The molecule has 0 spiro atoms. The number of hydrogen-bond acceptors (Lipinski definition) is 5. The van der Waals surface area contributed by atoms with Crippen LogP contribution in [0.1, 0.15) is 24.0 Å². The second-order valence-corrected chi connectivity index (χ2v) is 6.45. The predicted molar refractivity (Wildman–Crippen MR) is 101 cm³/mol.